The molecule has 3 rings (SSSR count). The minimum atomic E-state index is -1.44. The summed E-state index contributed by atoms with van der Waals surface area (Å²) in [6.45, 7) is 2.00. The number of oxazole rings is 1. The van der Waals surface area contributed by atoms with Crippen molar-refractivity contribution in [3.8, 4) is 17.2 Å². The van der Waals surface area contributed by atoms with E-state index in [4.69, 9.17) is 9.15 Å². The molecule has 1 atom stereocenters. The molecule has 2 aromatic carbocycles. The lowest BCUT2D eigenvalue weighted by Gasteiger charge is -2.05. The molecule has 8 heteroatoms. The predicted octanol–water partition coefficient (Wildman–Crippen LogP) is 3.36. The highest BCUT2D eigenvalue weighted by atomic mass is 32.2. The number of ether oxygens (including phenoxy) is 1. The summed E-state index contributed by atoms with van der Waals surface area (Å²) < 4.78 is 36.2. The standard InChI is InChI=1S/C21H21FN2O4S/c1-14-19(24-21(28-14)16-4-3-5-18(10-16)27-2)12-29(26)13-20(25)23-11-15-6-8-17(22)9-7-15/h3-10H,11-13H2,1-2H3,(H,23,25)/t29-/m0/s1. The van der Waals surface area contributed by atoms with Gasteiger partial charge in [-0.15, -0.1) is 0 Å². The number of aryl methyl sites for hydroxylation is 1. The van der Waals surface area contributed by atoms with Crippen LogP contribution in [-0.2, 0) is 27.9 Å². The molecule has 0 fully saturated rings. The van der Waals surface area contributed by atoms with Gasteiger partial charge < -0.3 is 14.5 Å². The molecule has 0 saturated carbocycles. The van der Waals surface area contributed by atoms with E-state index in [0.717, 1.165) is 11.1 Å². The van der Waals surface area contributed by atoms with Crippen molar-refractivity contribution in [1.82, 2.24) is 10.3 Å². The van der Waals surface area contributed by atoms with Gasteiger partial charge in [0.25, 0.3) is 0 Å². The van der Waals surface area contributed by atoms with E-state index in [1.54, 1.807) is 32.2 Å². The fourth-order valence-electron chi connectivity index (χ4n) is 2.65. The summed E-state index contributed by atoms with van der Waals surface area (Å²) in [6, 6.07) is 13.1. The molecule has 1 N–H and O–H groups in total. The lowest BCUT2D eigenvalue weighted by molar-refractivity contribution is -0.118. The zero-order chi connectivity index (χ0) is 20.8. The van der Waals surface area contributed by atoms with Gasteiger partial charge in [0, 0.05) is 22.9 Å². The van der Waals surface area contributed by atoms with Crippen LogP contribution < -0.4 is 10.1 Å². The third kappa shape index (κ3) is 5.74. The Balaban J connectivity index is 1.56. The van der Waals surface area contributed by atoms with Gasteiger partial charge >= 0.3 is 0 Å². The lowest BCUT2D eigenvalue weighted by atomic mass is 10.2. The first-order valence-electron chi connectivity index (χ1n) is 8.91. The molecule has 0 bridgehead atoms. The van der Waals surface area contributed by atoms with Gasteiger partial charge in [-0.3, -0.25) is 9.00 Å². The van der Waals surface area contributed by atoms with Crippen molar-refractivity contribution in [1.29, 1.82) is 0 Å². The summed E-state index contributed by atoms with van der Waals surface area (Å²) >= 11 is 0. The van der Waals surface area contributed by atoms with Gasteiger partial charge in [0.15, 0.2) is 0 Å². The number of nitrogens with one attached hydrogen (secondary N) is 1. The van der Waals surface area contributed by atoms with Crippen LogP contribution in [0.1, 0.15) is 17.0 Å². The topological polar surface area (TPSA) is 81.4 Å². The molecule has 152 valence electrons. The minimum Gasteiger partial charge on any atom is -0.497 e. The zero-order valence-electron chi connectivity index (χ0n) is 16.1. The number of aromatic nitrogens is 1. The molecule has 0 aliphatic rings. The smallest absolute Gasteiger partial charge is 0.232 e. The maximum Gasteiger partial charge on any atom is 0.232 e. The SMILES string of the molecule is COc1cccc(-c2nc(C[S@](=O)CC(=O)NCc3ccc(F)cc3)c(C)o2)c1. The number of methoxy groups -OCH3 is 1. The van der Waals surface area contributed by atoms with Gasteiger partial charge in [0.2, 0.25) is 11.8 Å². The Labute approximate surface area is 170 Å². The largest absolute Gasteiger partial charge is 0.497 e. The summed E-state index contributed by atoms with van der Waals surface area (Å²) in [4.78, 5) is 16.5. The normalized spacial score (nSPS) is 11.8. The van der Waals surface area contributed by atoms with Crippen molar-refractivity contribution in [2.75, 3.05) is 12.9 Å². The van der Waals surface area contributed by atoms with Crippen LogP contribution in [0.5, 0.6) is 5.75 Å². The average Bonchev–Trinajstić information content (AvgIpc) is 3.08. The first kappa shape index (κ1) is 20.7. The number of halogens is 1. The van der Waals surface area contributed by atoms with Crippen LogP contribution in [0.2, 0.25) is 0 Å². The summed E-state index contributed by atoms with van der Waals surface area (Å²) in [5, 5.41) is 2.68. The molecule has 0 radical (unpaired) electrons. The number of carbonyl (C=O) groups is 1. The zero-order valence-corrected chi connectivity index (χ0v) is 16.9. The maximum atomic E-state index is 12.9. The Bertz CT molecular complexity index is 1020. The van der Waals surface area contributed by atoms with Crippen LogP contribution >= 0.6 is 0 Å². The second-order valence-electron chi connectivity index (χ2n) is 6.39. The van der Waals surface area contributed by atoms with E-state index < -0.39 is 10.8 Å². The van der Waals surface area contributed by atoms with Crippen LogP contribution in [0.4, 0.5) is 4.39 Å². The third-order valence-electron chi connectivity index (χ3n) is 4.20. The van der Waals surface area contributed by atoms with E-state index in [1.165, 1.54) is 12.1 Å². The first-order valence-corrected chi connectivity index (χ1v) is 10.4. The maximum absolute atomic E-state index is 12.9. The number of rotatable bonds is 8. The average molecular weight is 416 g/mol. The van der Waals surface area contributed by atoms with Gasteiger partial charge in [0.1, 0.15) is 23.1 Å². The minimum absolute atomic E-state index is 0.114. The molecule has 1 heterocycles. The first-order chi connectivity index (χ1) is 13.9. The van der Waals surface area contributed by atoms with Crippen LogP contribution in [0.25, 0.3) is 11.5 Å². The van der Waals surface area contributed by atoms with E-state index in [1.807, 2.05) is 18.2 Å². The van der Waals surface area contributed by atoms with Gasteiger partial charge in [-0.25, -0.2) is 9.37 Å². The molecular weight excluding hydrogens is 395 g/mol. The second-order valence-corrected chi connectivity index (χ2v) is 7.84. The van der Waals surface area contributed by atoms with Gasteiger partial charge in [-0.05, 0) is 42.8 Å². The number of amides is 1. The Morgan fingerprint density at radius 3 is 2.72 bits per heavy atom. The number of hydrogen-bond donors (Lipinski definition) is 1. The van der Waals surface area contributed by atoms with Crippen molar-refractivity contribution in [2.45, 2.75) is 19.2 Å². The fraction of sp³-hybridized carbons (Fsp3) is 0.238. The highest BCUT2D eigenvalue weighted by Gasteiger charge is 2.16. The molecule has 1 amide bonds. The highest BCUT2D eigenvalue weighted by Crippen LogP contribution is 2.25. The van der Waals surface area contributed by atoms with E-state index in [0.29, 0.717) is 23.1 Å². The Hall–Kier alpha value is -3.00. The summed E-state index contributed by atoms with van der Waals surface area (Å²) in [5.41, 5.74) is 2.06. The molecule has 0 aliphatic heterocycles. The molecule has 3 aromatic rings. The molecule has 0 aliphatic carbocycles. The van der Waals surface area contributed by atoms with Crippen molar-refractivity contribution in [3.05, 3.63) is 71.4 Å². The fourth-order valence-corrected chi connectivity index (χ4v) is 3.71. The van der Waals surface area contributed by atoms with Crippen LogP contribution in [0, 0.1) is 12.7 Å². The number of benzene rings is 2. The Morgan fingerprint density at radius 1 is 1.24 bits per heavy atom. The summed E-state index contributed by atoms with van der Waals surface area (Å²) in [5.74, 6) is 0.934. The van der Waals surface area contributed by atoms with Crippen molar-refractivity contribution in [3.63, 3.8) is 0 Å². The van der Waals surface area contributed by atoms with Crippen molar-refractivity contribution < 1.29 is 22.5 Å². The Morgan fingerprint density at radius 2 is 2.00 bits per heavy atom. The van der Waals surface area contributed by atoms with E-state index in [-0.39, 0.29) is 29.8 Å². The van der Waals surface area contributed by atoms with Gasteiger partial charge in [0.05, 0.1) is 18.6 Å². The van der Waals surface area contributed by atoms with Crippen LogP contribution in [0.3, 0.4) is 0 Å². The second kappa shape index (κ2) is 9.47. The predicted molar refractivity (Wildman–Crippen MR) is 108 cm³/mol. The molecule has 0 saturated heterocycles. The summed E-state index contributed by atoms with van der Waals surface area (Å²) in [7, 11) is 0.138. The van der Waals surface area contributed by atoms with E-state index in [9.17, 15) is 13.4 Å². The van der Waals surface area contributed by atoms with E-state index in [2.05, 4.69) is 10.3 Å². The third-order valence-corrected chi connectivity index (χ3v) is 5.38. The molecule has 0 spiro atoms. The lowest BCUT2D eigenvalue weighted by Crippen LogP contribution is -2.28. The van der Waals surface area contributed by atoms with Gasteiger partial charge in [-0.1, -0.05) is 18.2 Å². The molecule has 1 aromatic heterocycles. The number of hydrogen-bond acceptors (Lipinski definition) is 5. The molecule has 29 heavy (non-hydrogen) atoms. The number of carbonyl (C=O) groups excluding carboxylic acids is 1. The molecule has 0 unspecified atom stereocenters. The number of nitrogens with zero attached hydrogens (tertiary/aromatic N) is 1. The summed E-state index contributed by atoms with van der Waals surface area (Å²) in [6.07, 6.45) is 0. The van der Waals surface area contributed by atoms with E-state index >= 15 is 0 Å². The van der Waals surface area contributed by atoms with Crippen molar-refractivity contribution >= 4 is 16.7 Å². The monoisotopic (exact) mass is 416 g/mol. The van der Waals surface area contributed by atoms with Crippen molar-refractivity contribution in [2.24, 2.45) is 0 Å². The molecular formula is C21H21FN2O4S. The quantitative estimate of drug-likeness (QED) is 0.609. The Kier molecular flexibility index (Phi) is 6.77. The molecule has 6 nitrogen and oxygen atoms in total. The van der Waals surface area contributed by atoms with Crippen LogP contribution in [0.15, 0.2) is 52.9 Å². The highest BCUT2D eigenvalue weighted by molar-refractivity contribution is 7.84. The van der Waals surface area contributed by atoms with Crippen LogP contribution in [-0.4, -0.2) is 28.0 Å². The van der Waals surface area contributed by atoms with Gasteiger partial charge in [-0.2, -0.15) is 0 Å².